The van der Waals surface area contributed by atoms with Crippen LogP contribution in [0.2, 0.25) is 0 Å². The Balaban J connectivity index is 2.18. The molecule has 2 rings (SSSR count). The van der Waals surface area contributed by atoms with E-state index in [1.807, 2.05) is 24.1 Å². The molecule has 2 aliphatic rings. The van der Waals surface area contributed by atoms with Gasteiger partial charge in [0.15, 0.2) is 0 Å². The molecule has 21 heavy (non-hydrogen) atoms. The van der Waals surface area contributed by atoms with Gasteiger partial charge in [0, 0.05) is 12.2 Å². The fourth-order valence-corrected chi connectivity index (χ4v) is 3.50. The van der Waals surface area contributed by atoms with Gasteiger partial charge in [-0.25, -0.2) is 4.79 Å². The molecule has 0 aromatic rings. The summed E-state index contributed by atoms with van der Waals surface area (Å²) in [6.07, 6.45) is 15.3. The Morgan fingerprint density at radius 2 is 1.62 bits per heavy atom. The fraction of sp³-hybridized carbons (Fsp3) is 0.765. The lowest BCUT2D eigenvalue weighted by molar-refractivity contribution is -0.130. The van der Waals surface area contributed by atoms with Crippen molar-refractivity contribution in [3.63, 3.8) is 0 Å². The lowest BCUT2D eigenvalue weighted by atomic mass is 9.94. The summed E-state index contributed by atoms with van der Waals surface area (Å²) in [7, 11) is 0. The monoisotopic (exact) mass is 292 g/mol. The van der Waals surface area contributed by atoms with Gasteiger partial charge in [0.2, 0.25) is 5.84 Å². The fourth-order valence-electron chi connectivity index (χ4n) is 3.50. The van der Waals surface area contributed by atoms with E-state index >= 15 is 0 Å². The average molecular weight is 292 g/mol. The van der Waals surface area contributed by atoms with Crippen LogP contribution in [-0.2, 0) is 4.79 Å². The minimum absolute atomic E-state index is 0.196. The van der Waals surface area contributed by atoms with E-state index in [0.29, 0.717) is 6.04 Å². The number of carboxylic acids is 1. The van der Waals surface area contributed by atoms with Gasteiger partial charge >= 0.3 is 5.97 Å². The summed E-state index contributed by atoms with van der Waals surface area (Å²) in [5.74, 6) is -0.629. The Bertz CT molecular complexity index is 392. The second-order valence-corrected chi connectivity index (χ2v) is 6.23. The lowest BCUT2D eigenvalue weighted by Crippen LogP contribution is -2.42. The van der Waals surface area contributed by atoms with Crippen LogP contribution in [0.5, 0.6) is 0 Å². The number of aliphatic imine (C=N–C) groups is 1. The summed E-state index contributed by atoms with van der Waals surface area (Å²) >= 11 is 0. The third-order valence-electron chi connectivity index (χ3n) is 4.59. The number of rotatable bonds is 3. The second kappa shape index (κ2) is 8.20. The van der Waals surface area contributed by atoms with Gasteiger partial charge in [-0.15, -0.1) is 0 Å². The Kier molecular flexibility index (Phi) is 6.27. The largest absolute Gasteiger partial charge is 0.475 e. The number of nitrogens with zero attached hydrogens (tertiary/aromatic N) is 2. The first-order valence-corrected chi connectivity index (χ1v) is 8.44. The molecule has 0 atom stereocenters. The summed E-state index contributed by atoms with van der Waals surface area (Å²) in [6.45, 7) is 1.94. The van der Waals surface area contributed by atoms with Gasteiger partial charge in [0.05, 0.1) is 6.04 Å². The summed E-state index contributed by atoms with van der Waals surface area (Å²) in [5.41, 5.74) is 0. The zero-order valence-electron chi connectivity index (χ0n) is 13.1. The predicted molar refractivity (Wildman–Crippen MR) is 85.5 cm³/mol. The summed E-state index contributed by atoms with van der Waals surface area (Å²) in [6, 6.07) is 0.495. The molecule has 2 fully saturated rings. The molecule has 0 aromatic carbocycles. The highest BCUT2D eigenvalue weighted by Gasteiger charge is 2.27. The smallest absolute Gasteiger partial charge is 0.371 e. The topological polar surface area (TPSA) is 52.9 Å². The first kappa shape index (κ1) is 16.1. The van der Waals surface area contributed by atoms with Crippen LogP contribution in [0.15, 0.2) is 17.3 Å². The molecule has 4 heteroatoms. The highest BCUT2D eigenvalue weighted by atomic mass is 16.4. The molecule has 0 unspecified atom stereocenters. The van der Waals surface area contributed by atoms with E-state index in [0.717, 1.165) is 25.7 Å². The maximum atomic E-state index is 11.7. The molecule has 0 spiro atoms. The minimum atomic E-state index is -0.885. The molecule has 2 aliphatic carbocycles. The number of allylic oxidation sites excluding steroid dienone is 1. The van der Waals surface area contributed by atoms with Crippen LogP contribution < -0.4 is 0 Å². The van der Waals surface area contributed by atoms with Crippen LogP contribution in [0.25, 0.3) is 0 Å². The highest BCUT2D eigenvalue weighted by Crippen LogP contribution is 2.25. The molecule has 118 valence electrons. The van der Waals surface area contributed by atoms with Gasteiger partial charge in [0.25, 0.3) is 0 Å². The zero-order chi connectivity index (χ0) is 15.1. The number of hydrogen-bond donors (Lipinski definition) is 1. The van der Waals surface area contributed by atoms with Gasteiger partial charge in [-0.05, 0) is 32.6 Å². The lowest BCUT2D eigenvalue weighted by Gasteiger charge is -2.33. The van der Waals surface area contributed by atoms with E-state index in [4.69, 9.17) is 0 Å². The van der Waals surface area contributed by atoms with Crippen molar-refractivity contribution in [1.82, 2.24) is 4.90 Å². The van der Waals surface area contributed by atoms with Crippen LogP contribution in [0, 0.1) is 0 Å². The highest BCUT2D eigenvalue weighted by molar-refractivity contribution is 6.34. The summed E-state index contributed by atoms with van der Waals surface area (Å²) in [5, 5.41) is 9.63. The zero-order valence-corrected chi connectivity index (χ0v) is 13.1. The van der Waals surface area contributed by atoms with Crippen LogP contribution in [0.3, 0.4) is 0 Å². The maximum Gasteiger partial charge on any atom is 0.371 e. The van der Waals surface area contributed by atoms with E-state index < -0.39 is 5.97 Å². The molecule has 2 saturated carbocycles. The van der Waals surface area contributed by atoms with Crippen LogP contribution in [0.4, 0.5) is 0 Å². The molecule has 0 saturated heterocycles. The predicted octanol–water partition coefficient (Wildman–Crippen LogP) is 3.97. The van der Waals surface area contributed by atoms with E-state index in [-0.39, 0.29) is 11.9 Å². The number of carbonyl (C=O) groups is 1. The van der Waals surface area contributed by atoms with Crippen molar-refractivity contribution in [3.05, 3.63) is 12.3 Å². The molecule has 4 nitrogen and oxygen atoms in total. The van der Waals surface area contributed by atoms with Crippen LogP contribution in [0.1, 0.15) is 71.1 Å². The SMILES string of the molecule is C/C=C\N(/C(=N/C1CCCCC1)C(=O)O)C1CCCCC1. The molecular formula is C17H28N2O2. The molecule has 1 N–H and O–H groups in total. The van der Waals surface area contributed by atoms with Crippen molar-refractivity contribution < 1.29 is 9.90 Å². The van der Waals surface area contributed by atoms with Gasteiger partial charge in [-0.2, -0.15) is 0 Å². The van der Waals surface area contributed by atoms with Gasteiger partial charge < -0.3 is 10.0 Å². The van der Waals surface area contributed by atoms with E-state index in [1.54, 1.807) is 0 Å². The molecule has 0 aliphatic heterocycles. The standard InChI is InChI=1S/C17H28N2O2/c1-2-13-19(15-11-7-4-8-12-15)16(17(20)21)18-14-9-5-3-6-10-14/h2,13-15H,3-12H2,1H3,(H,20,21)/b13-2-,18-16+. The van der Waals surface area contributed by atoms with E-state index in [1.165, 1.54) is 38.5 Å². The van der Waals surface area contributed by atoms with Crippen LogP contribution in [-0.4, -0.2) is 33.9 Å². The van der Waals surface area contributed by atoms with Gasteiger partial charge in [0.1, 0.15) is 0 Å². The third-order valence-corrected chi connectivity index (χ3v) is 4.59. The number of hydrogen-bond acceptors (Lipinski definition) is 2. The first-order chi connectivity index (χ1) is 10.2. The average Bonchev–Trinajstić information content (AvgIpc) is 2.52. The second-order valence-electron chi connectivity index (χ2n) is 6.23. The summed E-state index contributed by atoms with van der Waals surface area (Å²) < 4.78 is 0. The van der Waals surface area contributed by atoms with Gasteiger partial charge in [-0.3, -0.25) is 4.99 Å². The van der Waals surface area contributed by atoms with E-state index in [9.17, 15) is 9.90 Å². The Morgan fingerprint density at radius 1 is 1.05 bits per heavy atom. The molecule has 0 bridgehead atoms. The number of aliphatic carboxylic acids is 1. The van der Waals surface area contributed by atoms with Crippen molar-refractivity contribution in [1.29, 1.82) is 0 Å². The third kappa shape index (κ3) is 4.58. The Hall–Kier alpha value is -1.32. The number of carboxylic acid groups (broad SMARTS) is 1. The Labute approximate surface area is 127 Å². The normalized spacial score (nSPS) is 22.6. The van der Waals surface area contributed by atoms with Crippen molar-refractivity contribution in [2.75, 3.05) is 0 Å². The van der Waals surface area contributed by atoms with Gasteiger partial charge in [-0.1, -0.05) is 44.6 Å². The molecule has 0 aromatic heterocycles. The molecule has 0 amide bonds. The molecule has 0 heterocycles. The quantitative estimate of drug-likeness (QED) is 0.632. The van der Waals surface area contributed by atoms with Crippen molar-refractivity contribution in [3.8, 4) is 0 Å². The molecule has 0 radical (unpaired) electrons. The van der Waals surface area contributed by atoms with Crippen molar-refractivity contribution in [2.45, 2.75) is 83.2 Å². The van der Waals surface area contributed by atoms with E-state index in [2.05, 4.69) is 4.99 Å². The maximum absolute atomic E-state index is 11.7. The van der Waals surface area contributed by atoms with Crippen molar-refractivity contribution in [2.24, 2.45) is 4.99 Å². The summed E-state index contributed by atoms with van der Waals surface area (Å²) in [4.78, 5) is 18.3. The Morgan fingerprint density at radius 3 is 2.14 bits per heavy atom. The van der Waals surface area contributed by atoms with Crippen molar-refractivity contribution >= 4 is 11.8 Å². The number of amidine groups is 1. The first-order valence-electron chi connectivity index (χ1n) is 8.44. The van der Waals surface area contributed by atoms with Crippen LogP contribution >= 0.6 is 0 Å². The molecular weight excluding hydrogens is 264 g/mol. The minimum Gasteiger partial charge on any atom is -0.475 e.